The molecule has 2 heteroatoms. The van der Waals surface area contributed by atoms with E-state index in [1.165, 1.54) is 22.1 Å². The van der Waals surface area contributed by atoms with Crippen LogP contribution in [0.2, 0.25) is 0 Å². The van der Waals surface area contributed by atoms with Gasteiger partial charge in [-0.25, -0.2) is 0 Å². The fraction of sp³-hybridized carbons (Fsp3) is 0.529. The fourth-order valence-electron chi connectivity index (χ4n) is 3.37. The van der Waals surface area contributed by atoms with E-state index in [4.69, 9.17) is 0 Å². The third-order valence-electron chi connectivity index (χ3n) is 4.95. The smallest absolute Gasteiger partial charge is 0.0739 e. The molecule has 1 heterocycles. The van der Waals surface area contributed by atoms with Crippen molar-refractivity contribution in [3.63, 3.8) is 0 Å². The molecule has 1 N–H and O–H groups in total. The van der Waals surface area contributed by atoms with Gasteiger partial charge in [-0.05, 0) is 40.7 Å². The lowest BCUT2D eigenvalue weighted by Crippen LogP contribution is -2.48. The van der Waals surface area contributed by atoms with Gasteiger partial charge in [0.15, 0.2) is 0 Å². The van der Waals surface area contributed by atoms with Crippen LogP contribution in [-0.2, 0) is 6.42 Å². The van der Waals surface area contributed by atoms with Gasteiger partial charge in [0.1, 0.15) is 0 Å². The summed E-state index contributed by atoms with van der Waals surface area (Å²) < 4.78 is 1.33. The zero-order valence-electron chi connectivity index (χ0n) is 11.8. The lowest BCUT2D eigenvalue weighted by Gasteiger charge is -2.46. The third-order valence-corrected chi connectivity index (χ3v) is 5.96. The molecule has 1 unspecified atom stereocenters. The summed E-state index contributed by atoms with van der Waals surface area (Å²) in [5.41, 5.74) is 0.793. The van der Waals surface area contributed by atoms with Gasteiger partial charge in [-0.2, -0.15) is 0 Å². The molecule has 0 saturated heterocycles. The van der Waals surface area contributed by atoms with Crippen LogP contribution >= 0.6 is 11.3 Å². The molecule has 1 fully saturated rings. The zero-order valence-corrected chi connectivity index (χ0v) is 12.6. The molecule has 1 aliphatic carbocycles. The van der Waals surface area contributed by atoms with Crippen molar-refractivity contribution in [2.45, 2.75) is 51.6 Å². The van der Waals surface area contributed by atoms with Crippen LogP contribution in [0.5, 0.6) is 0 Å². The molecule has 2 aromatic rings. The largest absolute Gasteiger partial charge is 0.389 e. The summed E-state index contributed by atoms with van der Waals surface area (Å²) in [6, 6.07) is 8.52. The highest BCUT2D eigenvalue weighted by molar-refractivity contribution is 7.17. The predicted octanol–water partition coefficient (Wildman–Crippen LogP) is 4.78. The Morgan fingerprint density at radius 3 is 2.68 bits per heavy atom. The Balaban J connectivity index is 1.95. The molecule has 1 aliphatic rings. The van der Waals surface area contributed by atoms with E-state index in [-0.39, 0.29) is 5.41 Å². The van der Waals surface area contributed by atoms with Crippen LogP contribution in [0.15, 0.2) is 29.6 Å². The lowest BCUT2D eigenvalue weighted by molar-refractivity contribution is -0.0955. The van der Waals surface area contributed by atoms with Crippen molar-refractivity contribution < 1.29 is 5.11 Å². The van der Waals surface area contributed by atoms with Gasteiger partial charge < -0.3 is 5.11 Å². The molecule has 0 aliphatic heterocycles. The molecule has 1 aromatic heterocycles. The number of benzene rings is 1. The second-order valence-corrected chi connectivity index (χ2v) is 7.47. The Labute approximate surface area is 119 Å². The molecule has 1 atom stereocenters. The molecule has 3 rings (SSSR count). The highest BCUT2D eigenvalue weighted by atomic mass is 32.1. The van der Waals surface area contributed by atoms with Crippen molar-refractivity contribution in [3.05, 3.63) is 35.2 Å². The highest BCUT2D eigenvalue weighted by Crippen LogP contribution is 2.46. The highest BCUT2D eigenvalue weighted by Gasteiger charge is 2.45. The summed E-state index contributed by atoms with van der Waals surface area (Å²) in [5.74, 6) is 0. The van der Waals surface area contributed by atoms with Crippen LogP contribution in [0.1, 0.15) is 45.1 Å². The van der Waals surface area contributed by atoms with Gasteiger partial charge in [0, 0.05) is 11.1 Å². The van der Waals surface area contributed by atoms with Gasteiger partial charge >= 0.3 is 0 Å². The first-order chi connectivity index (χ1) is 9.02. The SMILES string of the molecule is CC1(C)CCCCC1(O)Cc1csc2ccccc12. The van der Waals surface area contributed by atoms with Gasteiger partial charge in [-0.1, -0.05) is 44.9 Å². The number of rotatable bonds is 2. The van der Waals surface area contributed by atoms with E-state index in [0.717, 1.165) is 25.7 Å². The summed E-state index contributed by atoms with van der Waals surface area (Å²) in [5, 5.41) is 14.7. The van der Waals surface area contributed by atoms with E-state index in [1.54, 1.807) is 11.3 Å². The topological polar surface area (TPSA) is 20.2 Å². The van der Waals surface area contributed by atoms with Gasteiger partial charge in [0.25, 0.3) is 0 Å². The van der Waals surface area contributed by atoms with Gasteiger partial charge in [0.05, 0.1) is 5.60 Å². The molecule has 1 aromatic carbocycles. The minimum atomic E-state index is -0.547. The maximum Gasteiger partial charge on any atom is 0.0739 e. The van der Waals surface area contributed by atoms with Gasteiger partial charge in [-0.15, -0.1) is 11.3 Å². The van der Waals surface area contributed by atoms with E-state index in [2.05, 4.69) is 43.5 Å². The van der Waals surface area contributed by atoms with Gasteiger partial charge in [-0.3, -0.25) is 0 Å². The number of hydrogen-bond acceptors (Lipinski definition) is 2. The van der Waals surface area contributed by atoms with Crippen molar-refractivity contribution >= 4 is 21.4 Å². The van der Waals surface area contributed by atoms with E-state index in [9.17, 15) is 5.11 Å². The van der Waals surface area contributed by atoms with Crippen molar-refractivity contribution in [2.75, 3.05) is 0 Å². The second-order valence-electron chi connectivity index (χ2n) is 6.56. The molecule has 0 bridgehead atoms. The molecule has 0 radical (unpaired) electrons. The molecule has 0 spiro atoms. The van der Waals surface area contributed by atoms with Crippen LogP contribution in [0.4, 0.5) is 0 Å². The maximum absolute atomic E-state index is 11.1. The first kappa shape index (κ1) is 13.1. The Kier molecular flexibility index (Phi) is 3.18. The van der Waals surface area contributed by atoms with Crippen LogP contribution in [0, 0.1) is 5.41 Å². The number of aliphatic hydroxyl groups is 1. The maximum atomic E-state index is 11.1. The van der Waals surface area contributed by atoms with Crippen molar-refractivity contribution in [1.29, 1.82) is 0 Å². The molecular formula is C17H22OS. The Bertz CT molecular complexity index is 584. The standard InChI is InChI=1S/C17H22OS/c1-16(2)9-5-6-10-17(16,18)11-13-12-19-15-8-4-3-7-14(13)15/h3-4,7-8,12,18H,5-6,9-11H2,1-2H3. The van der Waals surface area contributed by atoms with E-state index in [0.29, 0.717) is 0 Å². The first-order valence-electron chi connectivity index (χ1n) is 7.19. The quantitative estimate of drug-likeness (QED) is 0.836. The Hall–Kier alpha value is -0.860. The Morgan fingerprint density at radius 1 is 1.16 bits per heavy atom. The summed E-state index contributed by atoms with van der Waals surface area (Å²) in [6.07, 6.45) is 5.27. The number of fused-ring (bicyclic) bond motifs is 1. The first-order valence-corrected chi connectivity index (χ1v) is 8.07. The Morgan fingerprint density at radius 2 is 1.89 bits per heavy atom. The minimum absolute atomic E-state index is 0.0221. The minimum Gasteiger partial charge on any atom is -0.389 e. The summed E-state index contributed by atoms with van der Waals surface area (Å²) in [4.78, 5) is 0. The van der Waals surface area contributed by atoms with Crippen LogP contribution in [0.25, 0.3) is 10.1 Å². The molecule has 1 saturated carbocycles. The molecule has 19 heavy (non-hydrogen) atoms. The van der Waals surface area contributed by atoms with Crippen LogP contribution in [-0.4, -0.2) is 10.7 Å². The normalized spacial score (nSPS) is 26.7. The lowest BCUT2D eigenvalue weighted by atomic mass is 9.63. The fourth-order valence-corrected chi connectivity index (χ4v) is 4.33. The average Bonchev–Trinajstić information content (AvgIpc) is 2.77. The number of hydrogen-bond donors (Lipinski definition) is 1. The van der Waals surface area contributed by atoms with Crippen molar-refractivity contribution in [1.82, 2.24) is 0 Å². The monoisotopic (exact) mass is 274 g/mol. The molecule has 1 nitrogen and oxygen atoms in total. The van der Waals surface area contributed by atoms with Crippen molar-refractivity contribution in [2.24, 2.45) is 5.41 Å². The van der Waals surface area contributed by atoms with Crippen LogP contribution < -0.4 is 0 Å². The van der Waals surface area contributed by atoms with E-state index < -0.39 is 5.60 Å². The summed E-state index contributed by atoms with van der Waals surface area (Å²) in [7, 11) is 0. The van der Waals surface area contributed by atoms with Gasteiger partial charge in [0.2, 0.25) is 0 Å². The van der Waals surface area contributed by atoms with E-state index >= 15 is 0 Å². The second kappa shape index (κ2) is 4.60. The number of thiophene rings is 1. The molecular weight excluding hydrogens is 252 g/mol. The summed E-state index contributed by atoms with van der Waals surface area (Å²) in [6.45, 7) is 4.45. The van der Waals surface area contributed by atoms with E-state index in [1.807, 2.05) is 0 Å². The molecule has 0 amide bonds. The zero-order chi connectivity index (χ0) is 13.5. The summed E-state index contributed by atoms with van der Waals surface area (Å²) >= 11 is 1.79. The average molecular weight is 274 g/mol. The van der Waals surface area contributed by atoms with Crippen LogP contribution in [0.3, 0.4) is 0 Å². The van der Waals surface area contributed by atoms with Crippen molar-refractivity contribution in [3.8, 4) is 0 Å². The molecule has 102 valence electrons. The predicted molar refractivity (Wildman–Crippen MR) is 82.7 cm³/mol. The third kappa shape index (κ3) is 2.21.